The van der Waals surface area contributed by atoms with E-state index in [9.17, 15) is 19.2 Å². The molecule has 2 saturated heterocycles. The summed E-state index contributed by atoms with van der Waals surface area (Å²) in [5.41, 5.74) is 1.14. The molecule has 2 aliphatic rings. The molecule has 372 valence electrons. The topological polar surface area (TPSA) is 182 Å². The van der Waals surface area contributed by atoms with Gasteiger partial charge < -0.3 is 39.4 Å². The molecule has 2 heterocycles. The molecular weight excluding hydrogens is 879 g/mol. The van der Waals surface area contributed by atoms with Crippen molar-refractivity contribution < 1.29 is 52.2 Å². The standard InChI is InChI=1S/C54H71N5O10/c1-8-16-49(61)69-46-24-22-42(34-47(46)67-29-9-2)35-59(27-30-66-31-28-59)36-48(60)58(53(65)54(7)37-68-54)45(23-21-40-17-12-10-13-18-40)52(64)57-43(32-39(5)6)51(63)56-44(33-41-19-14-11-15-20-41)50(62)55-26-25-38(3)4/h2,10-15,17-20,22,24,34,38-39,43-45H,8,16,21,23,25-33,35-37H2,1,3-7H3,(H2-,55,56,57,62,63,64)/p+1/t43-,44-,45-,54+/m0/s1. The van der Waals surface area contributed by atoms with Crippen LogP contribution < -0.4 is 25.4 Å². The number of epoxide rings is 1. The average molecular weight is 951 g/mol. The molecule has 3 N–H and O–H groups in total. The van der Waals surface area contributed by atoms with Gasteiger partial charge in [-0.05, 0) is 80.2 Å². The number of ether oxygens (including phenoxy) is 4. The molecule has 0 spiro atoms. The quantitative estimate of drug-likeness (QED) is 0.0314. The molecule has 0 saturated carbocycles. The largest absolute Gasteiger partial charge is 0.477 e. The van der Waals surface area contributed by atoms with Crippen molar-refractivity contribution in [2.45, 2.75) is 117 Å². The molecule has 3 aromatic rings. The number of carbonyl (C=O) groups is 6. The van der Waals surface area contributed by atoms with Crippen LogP contribution in [0.1, 0.15) is 90.3 Å². The fraction of sp³-hybridized carbons (Fsp3) is 0.519. The first kappa shape index (κ1) is 53.9. The van der Waals surface area contributed by atoms with Gasteiger partial charge in [-0.15, -0.1) is 6.42 Å². The van der Waals surface area contributed by atoms with E-state index in [0.29, 0.717) is 58.2 Å². The maximum atomic E-state index is 15.2. The fourth-order valence-corrected chi connectivity index (χ4v) is 8.35. The average Bonchev–Trinajstić information content (AvgIpc) is 4.08. The normalized spacial score (nSPS) is 17.4. The number of morpholine rings is 1. The van der Waals surface area contributed by atoms with Crippen LogP contribution in [0, 0.1) is 24.2 Å². The Labute approximate surface area is 407 Å². The van der Waals surface area contributed by atoms with Crippen LogP contribution in [0.3, 0.4) is 0 Å². The highest BCUT2D eigenvalue weighted by atomic mass is 16.6. The van der Waals surface area contributed by atoms with Crippen molar-refractivity contribution in [1.29, 1.82) is 0 Å². The molecule has 15 heteroatoms. The summed E-state index contributed by atoms with van der Waals surface area (Å²) in [6.45, 7) is 13.5. The molecule has 0 unspecified atom stereocenters. The van der Waals surface area contributed by atoms with Gasteiger partial charge in [0.05, 0.1) is 19.8 Å². The van der Waals surface area contributed by atoms with E-state index in [1.807, 2.05) is 81.4 Å². The predicted octanol–water partition coefficient (Wildman–Crippen LogP) is 5.32. The minimum atomic E-state index is -1.35. The van der Waals surface area contributed by atoms with E-state index in [-0.39, 0.29) is 73.2 Å². The minimum Gasteiger partial charge on any atom is -0.477 e. The Hall–Kier alpha value is -6.08. The van der Waals surface area contributed by atoms with Gasteiger partial charge in [-0.3, -0.25) is 33.7 Å². The Kier molecular flexibility index (Phi) is 20.3. The summed E-state index contributed by atoms with van der Waals surface area (Å²) in [5, 5.41) is 8.87. The number of hydrogen-bond donors (Lipinski definition) is 3. The van der Waals surface area contributed by atoms with Crippen molar-refractivity contribution >= 4 is 35.5 Å². The minimum absolute atomic E-state index is 0.0471. The zero-order valence-corrected chi connectivity index (χ0v) is 41.3. The number of rotatable bonds is 26. The van der Waals surface area contributed by atoms with Crippen molar-refractivity contribution in [3.8, 4) is 23.8 Å². The highest BCUT2D eigenvalue weighted by Gasteiger charge is 2.54. The molecule has 69 heavy (non-hydrogen) atoms. The van der Waals surface area contributed by atoms with Gasteiger partial charge in [-0.25, -0.2) is 0 Å². The summed E-state index contributed by atoms with van der Waals surface area (Å²) in [7, 11) is 0. The number of esters is 1. The number of aryl methyl sites for hydroxylation is 1. The van der Waals surface area contributed by atoms with E-state index in [4.69, 9.17) is 25.4 Å². The Bertz CT molecular complexity index is 2230. The number of imide groups is 1. The van der Waals surface area contributed by atoms with E-state index in [1.165, 1.54) is 0 Å². The number of quaternary nitrogens is 1. The number of nitrogens with one attached hydrogen (secondary N) is 3. The molecule has 0 aliphatic carbocycles. The maximum Gasteiger partial charge on any atom is 0.311 e. The van der Waals surface area contributed by atoms with Gasteiger partial charge >= 0.3 is 5.97 Å². The van der Waals surface area contributed by atoms with Gasteiger partial charge in [0.15, 0.2) is 23.6 Å². The highest BCUT2D eigenvalue weighted by Crippen LogP contribution is 2.33. The molecule has 4 atom stereocenters. The van der Waals surface area contributed by atoms with Crippen molar-refractivity contribution in [2.24, 2.45) is 11.8 Å². The third kappa shape index (κ3) is 16.5. The van der Waals surface area contributed by atoms with Gasteiger partial charge in [-0.2, -0.15) is 0 Å². The lowest BCUT2D eigenvalue weighted by Crippen LogP contribution is -2.64. The van der Waals surface area contributed by atoms with Crippen LogP contribution in [-0.2, 0) is 57.6 Å². The molecular formula is C54H72N5O10+. The van der Waals surface area contributed by atoms with Crippen molar-refractivity contribution in [1.82, 2.24) is 20.9 Å². The van der Waals surface area contributed by atoms with Gasteiger partial charge in [0.2, 0.25) is 17.7 Å². The summed E-state index contributed by atoms with van der Waals surface area (Å²) in [4.78, 5) is 86.7. The smallest absolute Gasteiger partial charge is 0.311 e. The third-order valence-corrected chi connectivity index (χ3v) is 12.4. The lowest BCUT2D eigenvalue weighted by molar-refractivity contribution is -0.940. The van der Waals surface area contributed by atoms with Gasteiger partial charge in [0.25, 0.3) is 11.8 Å². The van der Waals surface area contributed by atoms with Crippen LogP contribution in [0.25, 0.3) is 0 Å². The molecule has 3 aromatic carbocycles. The Morgan fingerprint density at radius 3 is 2.07 bits per heavy atom. The first-order valence-electron chi connectivity index (χ1n) is 24.3. The number of hydrogen-bond acceptors (Lipinski definition) is 10. The number of benzene rings is 3. The summed E-state index contributed by atoms with van der Waals surface area (Å²) < 4.78 is 23.0. The molecule has 0 radical (unpaired) electrons. The summed E-state index contributed by atoms with van der Waals surface area (Å²) >= 11 is 0. The van der Waals surface area contributed by atoms with E-state index < -0.39 is 53.3 Å². The van der Waals surface area contributed by atoms with Crippen LogP contribution in [0.4, 0.5) is 0 Å². The second kappa shape index (κ2) is 26.1. The van der Waals surface area contributed by atoms with Gasteiger partial charge in [0.1, 0.15) is 44.4 Å². The number of carbonyl (C=O) groups excluding carboxylic acids is 6. The van der Waals surface area contributed by atoms with Crippen molar-refractivity contribution in [3.05, 3.63) is 95.6 Å². The third-order valence-electron chi connectivity index (χ3n) is 12.4. The SMILES string of the molecule is C#CCOc1cc(C[N+]2(CC(=O)N(C(=O)[C@@]3(C)CO3)[C@@H](CCc3ccccc3)C(=O)N[C@@H](CC(C)C)C(=O)N[C@@H](Cc3ccccc3)C(=O)NCCC(C)C)CCOCC2)ccc1OC(=O)CCC. The molecule has 15 nitrogen and oxygen atoms in total. The monoisotopic (exact) mass is 951 g/mol. The first-order chi connectivity index (χ1) is 33.0. The lowest BCUT2D eigenvalue weighted by Gasteiger charge is -2.42. The van der Waals surface area contributed by atoms with Crippen LogP contribution in [0.5, 0.6) is 11.5 Å². The zero-order chi connectivity index (χ0) is 50.0. The molecule has 2 aliphatic heterocycles. The fourth-order valence-electron chi connectivity index (χ4n) is 8.35. The Morgan fingerprint density at radius 1 is 0.812 bits per heavy atom. The summed E-state index contributed by atoms with van der Waals surface area (Å²) in [6.07, 6.45) is 7.92. The second-order valence-electron chi connectivity index (χ2n) is 19.3. The molecule has 5 amide bonds. The highest BCUT2D eigenvalue weighted by molar-refractivity contribution is 6.05. The first-order valence-corrected chi connectivity index (χ1v) is 24.3. The maximum absolute atomic E-state index is 15.2. The van der Waals surface area contributed by atoms with Crippen LogP contribution in [-0.4, -0.2) is 121 Å². The number of terminal acetylenes is 1. The predicted molar refractivity (Wildman–Crippen MR) is 261 cm³/mol. The molecule has 0 bridgehead atoms. The van der Waals surface area contributed by atoms with Gasteiger partial charge in [0, 0.05) is 24.9 Å². The number of amides is 5. The van der Waals surface area contributed by atoms with E-state index in [2.05, 4.69) is 35.7 Å². The Morgan fingerprint density at radius 2 is 1.46 bits per heavy atom. The Balaban J connectivity index is 1.48. The van der Waals surface area contributed by atoms with Gasteiger partial charge in [-0.1, -0.05) is 101 Å². The molecule has 5 rings (SSSR count). The van der Waals surface area contributed by atoms with Crippen LogP contribution >= 0.6 is 0 Å². The summed E-state index contributed by atoms with van der Waals surface area (Å²) in [5.74, 6) is -0.00991. The molecule has 2 fully saturated rings. The van der Waals surface area contributed by atoms with Crippen molar-refractivity contribution in [2.75, 3.05) is 52.6 Å². The van der Waals surface area contributed by atoms with Crippen molar-refractivity contribution in [3.63, 3.8) is 0 Å². The van der Waals surface area contributed by atoms with Crippen LogP contribution in [0.2, 0.25) is 0 Å². The van der Waals surface area contributed by atoms with E-state index >= 15 is 9.59 Å². The van der Waals surface area contributed by atoms with E-state index in [1.54, 1.807) is 25.1 Å². The van der Waals surface area contributed by atoms with Crippen LogP contribution in [0.15, 0.2) is 78.9 Å². The zero-order valence-electron chi connectivity index (χ0n) is 41.3. The lowest BCUT2D eigenvalue weighted by atomic mass is 9.98. The molecule has 0 aromatic heterocycles. The second-order valence-corrected chi connectivity index (χ2v) is 19.3. The summed E-state index contributed by atoms with van der Waals surface area (Å²) in [6, 6.07) is 20.6. The number of nitrogens with zero attached hydrogens (tertiary/aromatic N) is 2. The van der Waals surface area contributed by atoms with E-state index in [0.717, 1.165) is 28.0 Å².